The highest BCUT2D eigenvalue weighted by Crippen LogP contribution is 2.07. The Morgan fingerprint density at radius 2 is 1.91 bits per heavy atom. The number of hydrogen-bond acceptors (Lipinski definition) is 0. The molecule has 0 saturated heterocycles. The molecule has 1 heteroatoms. The van der Waals surface area contributed by atoms with E-state index >= 15 is 0 Å². The van der Waals surface area contributed by atoms with Crippen LogP contribution in [0.2, 0.25) is 0 Å². The van der Waals surface area contributed by atoms with Crippen molar-refractivity contribution in [1.82, 2.24) is 0 Å². The van der Waals surface area contributed by atoms with Gasteiger partial charge >= 0.3 is 0 Å². The largest absolute Gasteiger partial charge is 0.207 e. The quantitative estimate of drug-likeness (QED) is 0.565. The number of allylic oxidation sites excluding steroid dienone is 2. The fourth-order valence-corrected chi connectivity index (χ4v) is 0.767. The average molecular weight is 148 g/mol. The predicted molar refractivity (Wildman–Crippen MR) is 45.7 cm³/mol. The first-order valence-corrected chi connectivity index (χ1v) is 3.37. The standard InChI is InChI=1S/C10H9F/c1-2-10(11)8-9-6-4-3-5-7-9/h2-8H,1H2. The van der Waals surface area contributed by atoms with Gasteiger partial charge in [0.25, 0.3) is 0 Å². The molecule has 0 unspecified atom stereocenters. The van der Waals surface area contributed by atoms with Crippen molar-refractivity contribution in [2.75, 3.05) is 0 Å². The Kier molecular flexibility index (Phi) is 2.61. The van der Waals surface area contributed by atoms with Crippen LogP contribution in [0.1, 0.15) is 5.56 Å². The van der Waals surface area contributed by atoms with E-state index in [0.717, 1.165) is 5.56 Å². The molecular weight excluding hydrogens is 139 g/mol. The van der Waals surface area contributed by atoms with Gasteiger partial charge in [0.15, 0.2) is 0 Å². The second-order valence-electron chi connectivity index (χ2n) is 2.14. The third-order valence-corrected chi connectivity index (χ3v) is 1.30. The van der Waals surface area contributed by atoms with Gasteiger partial charge in [-0.25, -0.2) is 4.39 Å². The lowest BCUT2D eigenvalue weighted by atomic mass is 10.2. The summed E-state index contributed by atoms with van der Waals surface area (Å²) in [6.07, 6.45) is 2.62. The van der Waals surface area contributed by atoms with Gasteiger partial charge in [-0.3, -0.25) is 0 Å². The summed E-state index contributed by atoms with van der Waals surface area (Å²) >= 11 is 0. The predicted octanol–water partition coefficient (Wildman–Crippen LogP) is 3.18. The van der Waals surface area contributed by atoms with Crippen LogP contribution in [0.4, 0.5) is 4.39 Å². The van der Waals surface area contributed by atoms with Gasteiger partial charge in [-0.05, 0) is 17.7 Å². The van der Waals surface area contributed by atoms with Crippen LogP contribution < -0.4 is 0 Å². The summed E-state index contributed by atoms with van der Waals surface area (Å²) in [5, 5.41) is 0. The maximum atomic E-state index is 12.6. The molecule has 1 aromatic carbocycles. The van der Waals surface area contributed by atoms with Gasteiger partial charge in [0.2, 0.25) is 0 Å². The third-order valence-electron chi connectivity index (χ3n) is 1.30. The molecule has 0 heterocycles. The Balaban J connectivity index is 2.87. The van der Waals surface area contributed by atoms with E-state index in [9.17, 15) is 4.39 Å². The van der Waals surface area contributed by atoms with Crippen molar-refractivity contribution >= 4 is 6.08 Å². The lowest BCUT2D eigenvalue weighted by Crippen LogP contribution is -1.69. The molecule has 11 heavy (non-hydrogen) atoms. The fourth-order valence-electron chi connectivity index (χ4n) is 0.767. The van der Waals surface area contributed by atoms with Gasteiger partial charge in [-0.15, -0.1) is 0 Å². The molecule has 56 valence electrons. The summed E-state index contributed by atoms with van der Waals surface area (Å²) in [6.45, 7) is 3.31. The molecule has 1 aromatic rings. The molecule has 0 fully saturated rings. The second-order valence-corrected chi connectivity index (χ2v) is 2.14. The van der Waals surface area contributed by atoms with Crippen LogP contribution in [-0.2, 0) is 0 Å². The molecule has 0 N–H and O–H groups in total. The van der Waals surface area contributed by atoms with E-state index in [0.29, 0.717) is 0 Å². The van der Waals surface area contributed by atoms with Crippen LogP contribution in [0.15, 0.2) is 48.8 Å². The molecular formula is C10H9F. The van der Waals surface area contributed by atoms with Crippen LogP contribution in [0.25, 0.3) is 6.08 Å². The van der Waals surface area contributed by atoms with Crippen molar-refractivity contribution < 1.29 is 4.39 Å². The van der Waals surface area contributed by atoms with Gasteiger partial charge in [0.05, 0.1) is 0 Å². The van der Waals surface area contributed by atoms with Gasteiger partial charge < -0.3 is 0 Å². The maximum Gasteiger partial charge on any atom is 0.123 e. The molecule has 0 nitrogen and oxygen atoms in total. The van der Waals surface area contributed by atoms with Crippen molar-refractivity contribution in [3.63, 3.8) is 0 Å². The highest BCUT2D eigenvalue weighted by Gasteiger charge is 1.87. The number of benzene rings is 1. The van der Waals surface area contributed by atoms with Crippen molar-refractivity contribution in [1.29, 1.82) is 0 Å². The number of rotatable bonds is 2. The minimum absolute atomic E-state index is 0.309. The Labute approximate surface area is 65.7 Å². The summed E-state index contributed by atoms with van der Waals surface area (Å²) < 4.78 is 12.6. The van der Waals surface area contributed by atoms with E-state index in [1.54, 1.807) is 0 Å². The average Bonchev–Trinajstić information content (AvgIpc) is 2.06. The third kappa shape index (κ3) is 2.38. The van der Waals surface area contributed by atoms with E-state index in [2.05, 4.69) is 6.58 Å². The van der Waals surface area contributed by atoms with Crippen LogP contribution >= 0.6 is 0 Å². The first-order chi connectivity index (χ1) is 5.33. The molecule has 0 aliphatic carbocycles. The number of hydrogen-bond donors (Lipinski definition) is 0. The molecule has 0 aliphatic rings. The van der Waals surface area contributed by atoms with Crippen LogP contribution in [0, 0.1) is 0 Å². The zero-order valence-corrected chi connectivity index (χ0v) is 6.13. The smallest absolute Gasteiger partial charge is 0.123 e. The van der Waals surface area contributed by atoms with Gasteiger partial charge in [0.1, 0.15) is 5.83 Å². The SMILES string of the molecule is C=CC(F)=Cc1ccccc1. The van der Waals surface area contributed by atoms with Crippen LogP contribution in [0.5, 0.6) is 0 Å². The van der Waals surface area contributed by atoms with Gasteiger partial charge in [0, 0.05) is 0 Å². The summed E-state index contributed by atoms with van der Waals surface area (Å²) in [4.78, 5) is 0. The summed E-state index contributed by atoms with van der Waals surface area (Å²) in [5.74, 6) is -0.309. The summed E-state index contributed by atoms with van der Waals surface area (Å²) in [7, 11) is 0. The zero-order chi connectivity index (χ0) is 8.10. The van der Waals surface area contributed by atoms with E-state index in [4.69, 9.17) is 0 Å². The topological polar surface area (TPSA) is 0 Å². The lowest BCUT2D eigenvalue weighted by Gasteiger charge is -1.90. The van der Waals surface area contributed by atoms with Crippen LogP contribution in [-0.4, -0.2) is 0 Å². The Hall–Kier alpha value is -1.37. The molecule has 0 saturated carbocycles. The van der Waals surface area contributed by atoms with Crippen LogP contribution in [0.3, 0.4) is 0 Å². The Bertz CT molecular complexity index is 259. The van der Waals surface area contributed by atoms with Gasteiger partial charge in [-0.1, -0.05) is 36.9 Å². The van der Waals surface area contributed by atoms with E-state index in [1.807, 2.05) is 30.3 Å². The number of halogens is 1. The van der Waals surface area contributed by atoms with Crippen molar-refractivity contribution in [2.45, 2.75) is 0 Å². The molecule has 0 amide bonds. The minimum Gasteiger partial charge on any atom is -0.207 e. The molecule has 0 atom stereocenters. The van der Waals surface area contributed by atoms with Crippen molar-refractivity contribution in [3.05, 3.63) is 54.4 Å². The molecule has 0 aliphatic heterocycles. The normalized spacial score (nSPS) is 11.2. The fraction of sp³-hybridized carbons (Fsp3) is 0. The maximum absolute atomic E-state index is 12.6. The van der Waals surface area contributed by atoms with E-state index < -0.39 is 0 Å². The van der Waals surface area contributed by atoms with Crippen molar-refractivity contribution in [2.24, 2.45) is 0 Å². The molecule has 0 radical (unpaired) electrons. The molecule has 1 rings (SSSR count). The van der Waals surface area contributed by atoms with Gasteiger partial charge in [-0.2, -0.15) is 0 Å². The zero-order valence-electron chi connectivity index (χ0n) is 6.13. The summed E-state index contributed by atoms with van der Waals surface area (Å²) in [6, 6.07) is 9.29. The minimum atomic E-state index is -0.309. The Morgan fingerprint density at radius 1 is 1.27 bits per heavy atom. The highest BCUT2D eigenvalue weighted by molar-refractivity contribution is 5.52. The van der Waals surface area contributed by atoms with E-state index in [1.165, 1.54) is 12.2 Å². The molecule has 0 bridgehead atoms. The monoisotopic (exact) mass is 148 g/mol. The first kappa shape index (κ1) is 7.73. The first-order valence-electron chi connectivity index (χ1n) is 3.37. The second kappa shape index (κ2) is 3.71. The molecule has 0 spiro atoms. The Morgan fingerprint density at radius 3 is 2.45 bits per heavy atom. The lowest BCUT2D eigenvalue weighted by molar-refractivity contribution is 0.675. The molecule has 0 aromatic heterocycles. The van der Waals surface area contributed by atoms with Crippen molar-refractivity contribution in [3.8, 4) is 0 Å². The van der Waals surface area contributed by atoms with E-state index in [-0.39, 0.29) is 5.83 Å². The summed E-state index contributed by atoms with van der Waals surface area (Å²) in [5.41, 5.74) is 0.852. The highest BCUT2D eigenvalue weighted by atomic mass is 19.1.